The van der Waals surface area contributed by atoms with Crippen LogP contribution < -0.4 is 10.7 Å². The molecule has 6 nitrogen and oxygen atoms in total. The molecule has 138 valence electrons. The van der Waals surface area contributed by atoms with Crippen molar-refractivity contribution in [3.05, 3.63) is 76.3 Å². The predicted octanol–water partition coefficient (Wildman–Crippen LogP) is 1.71. The molecule has 1 unspecified atom stereocenters. The lowest BCUT2D eigenvalue weighted by atomic mass is 10.0. The number of carbonyl (C=O) groups excluding carboxylic acids is 1. The molecular weight excluding hydrogens is 347 g/mol. The fourth-order valence-electron chi connectivity index (χ4n) is 3.52. The summed E-state index contributed by atoms with van der Waals surface area (Å²) in [5.41, 5.74) is 1.21. The summed E-state index contributed by atoms with van der Waals surface area (Å²) in [5, 5.41) is 7.92. The second kappa shape index (κ2) is 7.28. The zero-order valence-electron chi connectivity index (χ0n) is 14.6. The van der Waals surface area contributed by atoms with Gasteiger partial charge in [0.25, 0.3) is 0 Å². The van der Waals surface area contributed by atoms with Gasteiger partial charge in [0.1, 0.15) is 12.4 Å². The van der Waals surface area contributed by atoms with E-state index in [4.69, 9.17) is 0 Å². The van der Waals surface area contributed by atoms with Crippen molar-refractivity contribution in [2.75, 3.05) is 19.6 Å². The van der Waals surface area contributed by atoms with Crippen molar-refractivity contribution >= 4 is 16.8 Å². The topological polar surface area (TPSA) is 67.2 Å². The van der Waals surface area contributed by atoms with Gasteiger partial charge in [-0.05, 0) is 29.8 Å². The van der Waals surface area contributed by atoms with E-state index in [0.717, 1.165) is 5.56 Å². The lowest BCUT2D eigenvalue weighted by molar-refractivity contribution is -0.135. The highest BCUT2D eigenvalue weighted by Gasteiger charge is 2.28. The van der Waals surface area contributed by atoms with Crippen molar-refractivity contribution in [3.8, 4) is 0 Å². The van der Waals surface area contributed by atoms with Crippen LogP contribution in [0.3, 0.4) is 0 Å². The van der Waals surface area contributed by atoms with Gasteiger partial charge in [-0.2, -0.15) is 5.10 Å². The molecule has 27 heavy (non-hydrogen) atoms. The van der Waals surface area contributed by atoms with Crippen LogP contribution in [0.1, 0.15) is 11.6 Å². The smallest absolute Gasteiger partial charge is 0.244 e. The Morgan fingerprint density at radius 3 is 2.93 bits per heavy atom. The van der Waals surface area contributed by atoms with Crippen LogP contribution in [-0.4, -0.2) is 40.2 Å². The fourth-order valence-corrected chi connectivity index (χ4v) is 3.52. The second-order valence-corrected chi connectivity index (χ2v) is 6.55. The van der Waals surface area contributed by atoms with Crippen LogP contribution in [0.25, 0.3) is 10.9 Å². The van der Waals surface area contributed by atoms with E-state index in [-0.39, 0.29) is 29.7 Å². The van der Waals surface area contributed by atoms with Gasteiger partial charge in [-0.15, -0.1) is 0 Å². The first-order valence-electron chi connectivity index (χ1n) is 8.84. The maximum absolute atomic E-state index is 13.6. The fraction of sp³-hybridized carbons (Fsp3) is 0.250. The average molecular weight is 366 g/mol. The molecule has 0 radical (unpaired) electrons. The molecule has 4 rings (SSSR count). The predicted molar refractivity (Wildman–Crippen MR) is 99.7 cm³/mol. The van der Waals surface area contributed by atoms with Gasteiger partial charge in [-0.3, -0.25) is 14.3 Å². The molecule has 2 aromatic carbocycles. The van der Waals surface area contributed by atoms with E-state index in [2.05, 4.69) is 10.4 Å². The van der Waals surface area contributed by atoms with Gasteiger partial charge in [0.05, 0.1) is 17.8 Å². The number of rotatable bonds is 3. The van der Waals surface area contributed by atoms with E-state index in [0.29, 0.717) is 30.5 Å². The van der Waals surface area contributed by atoms with Gasteiger partial charge < -0.3 is 10.2 Å². The zero-order valence-corrected chi connectivity index (χ0v) is 14.6. The maximum Gasteiger partial charge on any atom is 0.244 e. The van der Waals surface area contributed by atoms with Gasteiger partial charge in [0.15, 0.2) is 0 Å². The number of fused-ring (bicyclic) bond motifs is 1. The monoisotopic (exact) mass is 366 g/mol. The molecule has 1 fully saturated rings. The van der Waals surface area contributed by atoms with Crippen molar-refractivity contribution in [1.29, 1.82) is 0 Å². The summed E-state index contributed by atoms with van der Waals surface area (Å²) in [7, 11) is 0. The number of hydrogen-bond donors (Lipinski definition) is 1. The Kier molecular flexibility index (Phi) is 4.68. The molecule has 1 N–H and O–H groups in total. The third kappa shape index (κ3) is 3.46. The van der Waals surface area contributed by atoms with Crippen LogP contribution in [-0.2, 0) is 11.3 Å². The average Bonchev–Trinajstić information content (AvgIpc) is 2.70. The van der Waals surface area contributed by atoms with Crippen LogP contribution in [0.15, 0.2) is 59.5 Å². The Morgan fingerprint density at radius 1 is 1.22 bits per heavy atom. The number of piperazine rings is 1. The summed E-state index contributed by atoms with van der Waals surface area (Å²) >= 11 is 0. The largest absolute Gasteiger partial charge is 0.331 e. The molecule has 1 aliphatic rings. The Morgan fingerprint density at radius 2 is 2.07 bits per heavy atom. The number of aromatic nitrogens is 2. The summed E-state index contributed by atoms with van der Waals surface area (Å²) in [4.78, 5) is 26.8. The minimum atomic E-state index is -0.321. The van der Waals surface area contributed by atoms with Crippen molar-refractivity contribution < 1.29 is 9.18 Å². The molecule has 7 heteroatoms. The lowest BCUT2D eigenvalue weighted by Crippen LogP contribution is -2.49. The number of nitrogens with one attached hydrogen (secondary N) is 1. The lowest BCUT2D eigenvalue weighted by Gasteiger charge is -2.36. The standard InChI is InChI=1S/C20H19FN4O2/c21-15-5-3-4-14(10-15)18-11-22-8-9-24(18)20(27)13-25-17-7-2-1-6-16(17)19(26)12-23-25/h1-7,10,12,18,22H,8-9,11,13H2. The van der Waals surface area contributed by atoms with Gasteiger partial charge in [-0.1, -0.05) is 24.3 Å². The summed E-state index contributed by atoms with van der Waals surface area (Å²) in [5.74, 6) is -0.439. The van der Waals surface area contributed by atoms with Gasteiger partial charge in [0, 0.05) is 25.0 Å². The molecule has 0 saturated carbocycles. The minimum Gasteiger partial charge on any atom is -0.331 e. The number of para-hydroxylation sites is 1. The Balaban J connectivity index is 1.64. The first-order chi connectivity index (χ1) is 13.1. The van der Waals surface area contributed by atoms with E-state index in [1.807, 2.05) is 12.1 Å². The molecule has 1 aromatic heterocycles. The van der Waals surface area contributed by atoms with Gasteiger partial charge in [-0.25, -0.2) is 4.39 Å². The van der Waals surface area contributed by atoms with Crippen molar-refractivity contribution in [3.63, 3.8) is 0 Å². The Labute approximate surface area is 155 Å². The van der Waals surface area contributed by atoms with E-state index in [1.54, 1.807) is 33.8 Å². The van der Waals surface area contributed by atoms with Crippen LogP contribution in [0.4, 0.5) is 4.39 Å². The molecular formula is C20H19FN4O2. The highest BCUT2D eigenvalue weighted by Crippen LogP contribution is 2.23. The first-order valence-corrected chi connectivity index (χ1v) is 8.84. The normalized spacial score (nSPS) is 17.2. The van der Waals surface area contributed by atoms with E-state index >= 15 is 0 Å². The second-order valence-electron chi connectivity index (χ2n) is 6.55. The van der Waals surface area contributed by atoms with Crippen LogP contribution in [0, 0.1) is 5.82 Å². The van der Waals surface area contributed by atoms with Crippen LogP contribution in [0.2, 0.25) is 0 Å². The van der Waals surface area contributed by atoms with Crippen LogP contribution in [0.5, 0.6) is 0 Å². The number of halogens is 1. The molecule has 1 saturated heterocycles. The molecule has 3 aromatic rings. The van der Waals surface area contributed by atoms with Crippen molar-refractivity contribution in [2.24, 2.45) is 0 Å². The molecule has 0 aliphatic carbocycles. The Hall–Kier alpha value is -3.06. The molecule has 1 amide bonds. The number of amides is 1. The number of carbonyl (C=O) groups is 1. The summed E-state index contributed by atoms with van der Waals surface area (Å²) < 4.78 is 15.2. The van der Waals surface area contributed by atoms with Gasteiger partial charge >= 0.3 is 0 Å². The molecule has 1 atom stereocenters. The molecule has 0 bridgehead atoms. The quantitative estimate of drug-likeness (QED) is 0.766. The number of benzene rings is 2. The van der Waals surface area contributed by atoms with Crippen molar-refractivity contribution in [2.45, 2.75) is 12.6 Å². The molecule has 2 heterocycles. The third-order valence-electron chi connectivity index (χ3n) is 4.84. The Bertz CT molecular complexity index is 1050. The zero-order chi connectivity index (χ0) is 18.8. The van der Waals surface area contributed by atoms with E-state index in [1.165, 1.54) is 18.3 Å². The third-order valence-corrected chi connectivity index (χ3v) is 4.84. The van der Waals surface area contributed by atoms with E-state index < -0.39 is 0 Å². The van der Waals surface area contributed by atoms with Crippen LogP contribution >= 0.6 is 0 Å². The highest BCUT2D eigenvalue weighted by molar-refractivity contribution is 5.81. The SMILES string of the molecule is O=C(Cn1ncc(=O)c2ccccc21)N1CCNCC1c1cccc(F)c1. The van der Waals surface area contributed by atoms with Gasteiger partial charge in [0.2, 0.25) is 11.3 Å². The summed E-state index contributed by atoms with van der Waals surface area (Å²) in [6, 6.07) is 13.2. The van der Waals surface area contributed by atoms with E-state index in [9.17, 15) is 14.0 Å². The maximum atomic E-state index is 13.6. The summed E-state index contributed by atoms with van der Waals surface area (Å²) in [6.45, 7) is 1.79. The number of nitrogens with zero attached hydrogens (tertiary/aromatic N) is 3. The highest BCUT2D eigenvalue weighted by atomic mass is 19.1. The molecule has 0 spiro atoms. The molecule has 1 aliphatic heterocycles. The summed E-state index contributed by atoms with van der Waals surface area (Å²) in [6.07, 6.45) is 1.23. The minimum absolute atomic E-state index is 0.0204. The first kappa shape index (κ1) is 17.4. The number of hydrogen-bond acceptors (Lipinski definition) is 4. The van der Waals surface area contributed by atoms with Crippen molar-refractivity contribution in [1.82, 2.24) is 20.0 Å².